The Bertz CT molecular complexity index is 990. The van der Waals surface area contributed by atoms with Gasteiger partial charge in [0.25, 0.3) is 0 Å². The van der Waals surface area contributed by atoms with E-state index in [-0.39, 0.29) is 30.0 Å². The summed E-state index contributed by atoms with van der Waals surface area (Å²) in [6.45, 7) is 4.93. The zero-order chi connectivity index (χ0) is 22.8. The number of methoxy groups -OCH3 is 1. The molecule has 3 aromatic rings. The van der Waals surface area contributed by atoms with Crippen molar-refractivity contribution in [2.45, 2.75) is 26.1 Å². The third kappa shape index (κ3) is 8.04. The molecule has 1 aromatic heterocycles. The van der Waals surface area contributed by atoms with Gasteiger partial charge in [-0.3, -0.25) is 4.68 Å². The van der Waals surface area contributed by atoms with Crippen molar-refractivity contribution in [1.82, 2.24) is 25.3 Å². The van der Waals surface area contributed by atoms with Crippen LogP contribution in [-0.2, 0) is 13.1 Å². The van der Waals surface area contributed by atoms with E-state index in [0.717, 1.165) is 31.3 Å². The number of guanidine groups is 1. The Morgan fingerprint density at radius 1 is 1.09 bits per heavy atom. The van der Waals surface area contributed by atoms with Gasteiger partial charge in [0.15, 0.2) is 5.96 Å². The minimum absolute atomic E-state index is 0. The third-order valence-corrected chi connectivity index (χ3v) is 5.33. The molecule has 0 radical (unpaired) electrons. The highest BCUT2D eigenvalue weighted by molar-refractivity contribution is 14.0. The van der Waals surface area contributed by atoms with Crippen LogP contribution in [0, 0.1) is 0 Å². The third-order valence-electron chi connectivity index (χ3n) is 5.33. The Morgan fingerprint density at radius 3 is 2.55 bits per heavy atom. The molecule has 2 N–H and O–H groups in total. The minimum atomic E-state index is 0. The molecular weight excluding hydrogens is 527 g/mol. The second-order valence-corrected chi connectivity index (χ2v) is 7.80. The molecule has 178 valence electrons. The highest BCUT2D eigenvalue weighted by Gasteiger charge is 2.15. The van der Waals surface area contributed by atoms with Crippen LogP contribution >= 0.6 is 24.0 Å². The lowest BCUT2D eigenvalue weighted by atomic mass is 10.1. The van der Waals surface area contributed by atoms with Crippen LogP contribution in [0.1, 0.15) is 29.7 Å². The van der Waals surface area contributed by atoms with Crippen molar-refractivity contribution in [3.8, 4) is 5.75 Å². The lowest BCUT2D eigenvalue weighted by Gasteiger charge is -2.26. The standard InChI is InChI=1S/C25H34N6O.HI/c1-5-26-25(28-18-24(30(2)3)20-12-8-13-23(16-20)32-4)27-17-21-10-6-7-11-22(21)19-31-15-9-14-29-31;/h6-16,24H,5,17-19H2,1-4H3,(H2,26,27,28);1H. The summed E-state index contributed by atoms with van der Waals surface area (Å²) in [6, 6.07) is 18.7. The van der Waals surface area contributed by atoms with E-state index in [2.05, 4.69) is 78.0 Å². The Morgan fingerprint density at radius 2 is 1.88 bits per heavy atom. The van der Waals surface area contributed by atoms with Crippen molar-refractivity contribution < 1.29 is 4.74 Å². The molecule has 7 nitrogen and oxygen atoms in total. The fourth-order valence-electron chi connectivity index (χ4n) is 3.58. The van der Waals surface area contributed by atoms with E-state index in [1.807, 2.05) is 29.1 Å². The van der Waals surface area contributed by atoms with Crippen molar-refractivity contribution in [2.24, 2.45) is 4.99 Å². The Labute approximate surface area is 214 Å². The number of nitrogens with zero attached hydrogens (tertiary/aromatic N) is 4. The van der Waals surface area contributed by atoms with Gasteiger partial charge in [0, 0.05) is 25.5 Å². The fraction of sp³-hybridized carbons (Fsp3) is 0.360. The van der Waals surface area contributed by atoms with E-state index in [1.54, 1.807) is 13.3 Å². The largest absolute Gasteiger partial charge is 0.497 e. The number of ether oxygens (including phenoxy) is 1. The first-order valence-corrected chi connectivity index (χ1v) is 11.0. The summed E-state index contributed by atoms with van der Waals surface area (Å²) in [5, 5.41) is 11.2. The van der Waals surface area contributed by atoms with Crippen molar-refractivity contribution in [1.29, 1.82) is 0 Å². The lowest BCUT2D eigenvalue weighted by molar-refractivity contribution is 0.297. The summed E-state index contributed by atoms with van der Waals surface area (Å²) in [7, 11) is 5.87. The van der Waals surface area contributed by atoms with Crippen LogP contribution in [0.15, 0.2) is 72.0 Å². The summed E-state index contributed by atoms with van der Waals surface area (Å²) < 4.78 is 7.34. The molecule has 0 aliphatic rings. The first kappa shape index (κ1) is 26.7. The van der Waals surface area contributed by atoms with Gasteiger partial charge in [-0.05, 0) is 55.9 Å². The molecule has 0 saturated heterocycles. The highest BCUT2D eigenvalue weighted by Crippen LogP contribution is 2.22. The van der Waals surface area contributed by atoms with Gasteiger partial charge >= 0.3 is 0 Å². The molecule has 0 saturated carbocycles. The summed E-state index contributed by atoms with van der Waals surface area (Å²) in [6.07, 6.45) is 3.78. The number of benzene rings is 2. The molecule has 3 rings (SSSR count). The molecule has 0 fully saturated rings. The van der Waals surface area contributed by atoms with Gasteiger partial charge in [0.2, 0.25) is 0 Å². The van der Waals surface area contributed by atoms with Gasteiger partial charge in [-0.25, -0.2) is 4.99 Å². The molecule has 33 heavy (non-hydrogen) atoms. The molecule has 0 aliphatic heterocycles. The number of aromatic nitrogens is 2. The van der Waals surface area contributed by atoms with E-state index in [1.165, 1.54) is 16.7 Å². The molecule has 2 aromatic carbocycles. The number of aliphatic imine (C=N–C) groups is 1. The first-order valence-electron chi connectivity index (χ1n) is 11.0. The van der Waals surface area contributed by atoms with Gasteiger partial charge in [-0.2, -0.15) is 5.10 Å². The maximum absolute atomic E-state index is 5.40. The number of hydrogen-bond donors (Lipinski definition) is 2. The Kier molecular flexibility index (Phi) is 11.2. The molecule has 1 heterocycles. The quantitative estimate of drug-likeness (QED) is 0.223. The van der Waals surface area contributed by atoms with Crippen LogP contribution in [0.2, 0.25) is 0 Å². The Hall–Kier alpha value is -2.59. The highest BCUT2D eigenvalue weighted by atomic mass is 127. The number of nitrogens with one attached hydrogen (secondary N) is 2. The summed E-state index contributed by atoms with van der Waals surface area (Å²) in [5.41, 5.74) is 3.61. The van der Waals surface area contributed by atoms with Crippen LogP contribution in [0.25, 0.3) is 0 Å². The van der Waals surface area contributed by atoms with E-state index in [0.29, 0.717) is 6.54 Å². The normalized spacial score (nSPS) is 12.2. The smallest absolute Gasteiger partial charge is 0.191 e. The molecular formula is C25H35IN6O. The van der Waals surface area contributed by atoms with Crippen LogP contribution < -0.4 is 15.4 Å². The number of likely N-dealkylation sites (N-methyl/N-ethyl adjacent to an activating group) is 1. The summed E-state index contributed by atoms with van der Waals surface area (Å²) in [4.78, 5) is 7.05. The SMILES string of the molecule is CCNC(=NCc1ccccc1Cn1cccn1)NCC(c1cccc(OC)c1)N(C)C.I. The molecule has 1 unspecified atom stereocenters. The predicted molar refractivity (Wildman–Crippen MR) is 145 cm³/mol. The van der Waals surface area contributed by atoms with Gasteiger partial charge < -0.3 is 20.3 Å². The van der Waals surface area contributed by atoms with E-state index < -0.39 is 0 Å². The number of hydrogen-bond acceptors (Lipinski definition) is 4. The monoisotopic (exact) mass is 562 g/mol. The second kappa shape index (κ2) is 13.8. The average Bonchev–Trinajstić information content (AvgIpc) is 3.31. The first-order chi connectivity index (χ1) is 15.6. The van der Waals surface area contributed by atoms with Crippen LogP contribution in [0.4, 0.5) is 0 Å². The van der Waals surface area contributed by atoms with E-state index >= 15 is 0 Å². The molecule has 0 spiro atoms. The molecule has 0 aliphatic carbocycles. The summed E-state index contributed by atoms with van der Waals surface area (Å²) in [5.74, 6) is 1.67. The maximum atomic E-state index is 5.40. The minimum Gasteiger partial charge on any atom is -0.497 e. The zero-order valence-corrected chi connectivity index (χ0v) is 22.2. The topological polar surface area (TPSA) is 66.7 Å². The van der Waals surface area contributed by atoms with Crippen molar-refractivity contribution >= 4 is 29.9 Å². The van der Waals surface area contributed by atoms with Crippen LogP contribution in [0.5, 0.6) is 5.75 Å². The van der Waals surface area contributed by atoms with E-state index in [9.17, 15) is 0 Å². The average molecular weight is 563 g/mol. The molecule has 0 amide bonds. The lowest BCUT2D eigenvalue weighted by Crippen LogP contribution is -2.41. The van der Waals surface area contributed by atoms with Crippen LogP contribution in [-0.4, -0.2) is 54.9 Å². The van der Waals surface area contributed by atoms with Gasteiger partial charge in [-0.1, -0.05) is 36.4 Å². The maximum Gasteiger partial charge on any atom is 0.191 e. The summed E-state index contributed by atoms with van der Waals surface area (Å²) >= 11 is 0. The second-order valence-electron chi connectivity index (χ2n) is 7.80. The van der Waals surface area contributed by atoms with E-state index in [4.69, 9.17) is 9.73 Å². The van der Waals surface area contributed by atoms with Gasteiger partial charge in [0.05, 0.1) is 26.2 Å². The molecule has 0 bridgehead atoms. The van der Waals surface area contributed by atoms with Gasteiger partial charge in [-0.15, -0.1) is 24.0 Å². The fourth-order valence-corrected chi connectivity index (χ4v) is 3.58. The Balaban J connectivity index is 0.00000385. The molecule has 8 heteroatoms. The van der Waals surface area contributed by atoms with Gasteiger partial charge in [0.1, 0.15) is 5.75 Å². The van der Waals surface area contributed by atoms with Crippen molar-refractivity contribution in [3.63, 3.8) is 0 Å². The zero-order valence-electron chi connectivity index (χ0n) is 19.9. The van der Waals surface area contributed by atoms with Crippen molar-refractivity contribution in [3.05, 3.63) is 83.7 Å². The van der Waals surface area contributed by atoms with Crippen molar-refractivity contribution in [2.75, 3.05) is 34.3 Å². The van der Waals surface area contributed by atoms with Crippen LogP contribution in [0.3, 0.4) is 0 Å². The predicted octanol–water partition coefficient (Wildman–Crippen LogP) is 3.92. The number of halogens is 1. The molecule has 1 atom stereocenters. The number of rotatable bonds is 10.